The highest BCUT2D eigenvalue weighted by Gasteiger charge is 2.07. The third kappa shape index (κ3) is 4.37. The highest BCUT2D eigenvalue weighted by molar-refractivity contribution is 9.13. The van der Waals surface area contributed by atoms with Gasteiger partial charge in [-0.15, -0.1) is 11.3 Å². The maximum Gasteiger partial charge on any atom is 0.127 e. The van der Waals surface area contributed by atoms with Crippen molar-refractivity contribution in [2.24, 2.45) is 0 Å². The van der Waals surface area contributed by atoms with Crippen LogP contribution in [0.3, 0.4) is 0 Å². The first-order valence-electron chi connectivity index (χ1n) is 7.00. The molecule has 0 saturated carbocycles. The Morgan fingerprint density at radius 3 is 2.35 bits per heavy atom. The molecule has 3 rings (SSSR count). The summed E-state index contributed by atoms with van der Waals surface area (Å²) in [7, 11) is 0. The molecule has 23 heavy (non-hydrogen) atoms. The fourth-order valence-electron chi connectivity index (χ4n) is 2.03. The second-order valence-corrected chi connectivity index (χ2v) is 8.02. The van der Waals surface area contributed by atoms with Gasteiger partial charge in [0.25, 0.3) is 0 Å². The first kappa shape index (κ1) is 16.6. The standard InChI is InChI=1S/C18H14Br2O2S/c1-12-3-2-4-16(9-12)22-15-7-5-14(6-8-15)21-10-13-11-23-18(20)17(13)19/h2-9,11H,10H2,1H3. The third-order valence-electron chi connectivity index (χ3n) is 3.20. The van der Waals surface area contributed by atoms with Crippen LogP contribution in [0.4, 0.5) is 0 Å². The van der Waals surface area contributed by atoms with Crippen LogP contribution in [0.1, 0.15) is 11.1 Å². The topological polar surface area (TPSA) is 18.5 Å². The zero-order valence-corrected chi connectivity index (χ0v) is 16.4. The van der Waals surface area contributed by atoms with Crippen molar-refractivity contribution in [2.45, 2.75) is 13.5 Å². The van der Waals surface area contributed by atoms with Crippen molar-refractivity contribution in [3.05, 3.63) is 73.3 Å². The Hall–Kier alpha value is -1.30. The normalized spacial score (nSPS) is 10.6. The highest BCUT2D eigenvalue weighted by Crippen LogP contribution is 2.34. The molecule has 5 heteroatoms. The number of aryl methyl sites for hydroxylation is 1. The molecule has 0 aliphatic rings. The van der Waals surface area contributed by atoms with E-state index in [0.717, 1.165) is 31.1 Å². The lowest BCUT2D eigenvalue weighted by Gasteiger charge is -2.09. The Kier molecular flexibility index (Phi) is 5.41. The van der Waals surface area contributed by atoms with E-state index in [1.54, 1.807) is 11.3 Å². The summed E-state index contributed by atoms with van der Waals surface area (Å²) in [6.45, 7) is 2.57. The largest absolute Gasteiger partial charge is 0.489 e. The van der Waals surface area contributed by atoms with Crippen molar-refractivity contribution in [3.63, 3.8) is 0 Å². The van der Waals surface area contributed by atoms with Gasteiger partial charge in [0.1, 0.15) is 23.9 Å². The number of hydrogen-bond donors (Lipinski definition) is 0. The molecule has 0 saturated heterocycles. The van der Waals surface area contributed by atoms with Crippen LogP contribution in [0.15, 0.2) is 62.2 Å². The molecular weight excluding hydrogens is 440 g/mol. The Balaban J connectivity index is 1.62. The van der Waals surface area contributed by atoms with Gasteiger partial charge in [-0.1, -0.05) is 12.1 Å². The first-order valence-corrected chi connectivity index (χ1v) is 9.47. The fraction of sp³-hybridized carbons (Fsp3) is 0.111. The maximum absolute atomic E-state index is 5.83. The van der Waals surface area contributed by atoms with Crippen molar-refractivity contribution < 1.29 is 9.47 Å². The number of hydrogen-bond acceptors (Lipinski definition) is 3. The summed E-state index contributed by atoms with van der Waals surface area (Å²) in [5, 5.41) is 2.07. The number of ether oxygens (including phenoxy) is 2. The maximum atomic E-state index is 5.83. The molecule has 0 fully saturated rings. The van der Waals surface area contributed by atoms with Crippen molar-refractivity contribution in [2.75, 3.05) is 0 Å². The van der Waals surface area contributed by atoms with E-state index in [9.17, 15) is 0 Å². The Bertz CT molecular complexity index is 797. The molecule has 2 nitrogen and oxygen atoms in total. The van der Waals surface area contributed by atoms with Gasteiger partial charge in [0, 0.05) is 10.0 Å². The minimum Gasteiger partial charge on any atom is -0.489 e. The molecule has 0 aliphatic heterocycles. The highest BCUT2D eigenvalue weighted by atomic mass is 79.9. The summed E-state index contributed by atoms with van der Waals surface area (Å²) in [5.41, 5.74) is 2.30. The SMILES string of the molecule is Cc1cccc(Oc2ccc(OCc3csc(Br)c3Br)cc2)c1. The van der Waals surface area contributed by atoms with Gasteiger partial charge in [-0.05, 0) is 86.1 Å². The quantitative estimate of drug-likeness (QED) is 0.416. The van der Waals surface area contributed by atoms with E-state index in [4.69, 9.17) is 9.47 Å². The van der Waals surface area contributed by atoms with E-state index in [1.165, 1.54) is 5.56 Å². The lowest BCUT2D eigenvalue weighted by molar-refractivity contribution is 0.305. The monoisotopic (exact) mass is 452 g/mol. The summed E-state index contributed by atoms with van der Waals surface area (Å²) >= 11 is 8.67. The van der Waals surface area contributed by atoms with E-state index < -0.39 is 0 Å². The van der Waals surface area contributed by atoms with Crippen LogP contribution in [-0.4, -0.2) is 0 Å². The zero-order valence-electron chi connectivity index (χ0n) is 12.4. The summed E-state index contributed by atoms with van der Waals surface area (Å²) in [6, 6.07) is 15.6. The summed E-state index contributed by atoms with van der Waals surface area (Å²) in [4.78, 5) is 0. The number of thiophene rings is 1. The van der Waals surface area contributed by atoms with Crippen LogP contribution in [0, 0.1) is 6.92 Å². The molecule has 0 spiro atoms. The van der Waals surface area contributed by atoms with Gasteiger partial charge in [0.2, 0.25) is 0 Å². The molecule has 118 valence electrons. The molecular formula is C18H14Br2O2S. The van der Waals surface area contributed by atoms with Crippen LogP contribution in [0.25, 0.3) is 0 Å². The minimum absolute atomic E-state index is 0.529. The molecule has 0 N–H and O–H groups in total. The molecule has 0 bridgehead atoms. The third-order valence-corrected chi connectivity index (χ3v) is 6.67. The predicted octanol–water partition coefficient (Wildman–Crippen LogP) is 6.95. The van der Waals surface area contributed by atoms with Crippen LogP contribution < -0.4 is 9.47 Å². The Labute approximate surface area is 156 Å². The molecule has 0 amide bonds. The van der Waals surface area contributed by atoms with Crippen molar-refractivity contribution in [1.82, 2.24) is 0 Å². The van der Waals surface area contributed by atoms with Crippen molar-refractivity contribution in [3.8, 4) is 17.2 Å². The fourth-order valence-corrected chi connectivity index (χ4v) is 3.89. The van der Waals surface area contributed by atoms with E-state index in [-0.39, 0.29) is 0 Å². The van der Waals surface area contributed by atoms with Gasteiger partial charge in [0.05, 0.1) is 3.79 Å². The molecule has 1 heterocycles. The molecule has 0 aliphatic carbocycles. The predicted molar refractivity (Wildman–Crippen MR) is 102 cm³/mol. The summed E-state index contributed by atoms with van der Waals surface area (Å²) in [6.07, 6.45) is 0. The molecule has 0 radical (unpaired) electrons. The van der Waals surface area contributed by atoms with Gasteiger partial charge < -0.3 is 9.47 Å². The average Bonchev–Trinajstić information content (AvgIpc) is 2.86. The molecule has 1 aromatic heterocycles. The van der Waals surface area contributed by atoms with E-state index >= 15 is 0 Å². The van der Waals surface area contributed by atoms with Crippen LogP contribution >= 0.6 is 43.2 Å². The van der Waals surface area contributed by atoms with Crippen LogP contribution in [0.2, 0.25) is 0 Å². The Morgan fingerprint density at radius 2 is 1.70 bits per heavy atom. The summed E-state index contributed by atoms with van der Waals surface area (Å²) < 4.78 is 13.8. The van der Waals surface area contributed by atoms with Crippen molar-refractivity contribution >= 4 is 43.2 Å². The van der Waals surface area contributed by atoms with Gasteiger partial charge in [0.15, 0.2) is 0 Å². The smallest absolute Gasteiger partial charge is 0.127 e. The van der Waals surface area contributed by atoms with Crippen LogP contribution in [0.5, 0.6) is 17.2 Å². The van der Waals surface area contributed by atoms with Gasteiger partial charge in [-0.25, -0.2) is 0 Å². The van der Waals surface area contributed by atoms with E-state index in [2.05, 4.69) is 37.2 Å². The number of rotatable bonds is 5. The average molecular weight is 454 g/mol. The number of benzene rings is 2. The minimum atomic E-state index is 0.529. The van der Waals surface area contributed by atoms with Gasteiger partial charge in [-0.3, -0.25) is 0 Å². The molecule has 3 aromatic rings. The second-order valence-electron chi connectivity index (χ2n) is 5.03. The number of halogens is 2. The lowest BCUT2D eigenvalue weighted by Crippen LogP contribution is -1.94. The Morgan fingerprint density at radius 1 is 0.957 bits per heavy atom. The second kappa shape index (κ2) is 7.51. The van der Waals surface area contributed by atoms with E-state index in [0.29, 0.717) is 6.61 Å². The summed E-state index contributed by atoms with van der Waals surface area (Å²) in [5.74, 6) is 2.45. The lowest BCUT2D eigenvalue weighted by atomic mass is 10.2. The molecule has 0 unspecified atom stereocenters. The van der Waals surface area contributed by atoms with E-state index in [1.807, 2.05) is 55.5 Å². The van der Waals surface area contributed by atoms with Gasteiger partial charge in [-0.2, -0.15) is 0 Å². The van der Waals surface area contributed by atoms with Gasteiger partial charge >= 0.3 is 0 Å². The molecule has 0 atom stereocenters. The first-order chi connectivity index (χ1) is 11.1. The zero-order chi connectivity index (χ0) is 16.2. The van der Waals surface area contributed by atoms with Crippen molar-refractivity contribution in [1.29, 1.82) is 0 Å². The molecule has 2 aromatic carbocycles. The van der Waals surface area contributed by atoms with Crippen LogP contribution in [-0.2, 0) is 6.61 Å².